The molecule has 0 amide bonds. The molecule has 0 unspecified atom stereocenters. The number of carbonyl (C=O) groups is 1. The Labute approximate surface area is 120 Å². The first-order valence-corrected chi connectivity index (χ1v) is 6.17. The highest BCUT2D eigenvalue weighted by atomic mass is 19.1. The molecule has 0 fully saturated rings. The summed E-state index contributed by atoms with van der Waals surface area (Å²) in [6.07, 6.45) is 2.24. The Morgan fingerprint density at radius 3 is 2.57 bits per heavy atom. The maximum atomic E-state index is 14.1. The zero-order valence-corrected chi connectivity index (χ0v) is 11.3. The summed E-state index contributed by atoms with van der Waals surface area (Å²) in [6.45, 7) is 0. The molecule has 0 aliphatic rings. The van der Waals surface area contributed by atoms with Crippen LogP contribution in [0.4, 0.5) is 20.2 Å². The lowest BCUT2D eigenvalue weighted by Crippen LogP contribution is -2.11. The zero-order valence-electron chi connectivity index (χ0n) is 11.3. The molecule has 2 aromatic carbocycles. The number of carboxylic acid groups (broad SMARTS) is 1. The Bertz CT molecular complexity index is 698. The Morgan fingerprint density at radius 1 is 1.19 bits per heavy atom. The van der Waals surface area contributed by atoms with Gasteiger partial charge in [0.05, 0.1) is 5.69 Å². The summed E-state index contributed by atoms with van der Waals surface area (Å²) in [5.41, 5.74) is 1.22. The largest absolute Gasteiger partial charge is 0.478 e. The van der Waals surface area contributed by atoms with Crippen LogP contribution in [-0.4, -0.2) is 18.1 Å². The van der Waals surface area contributed by atoms with Gasteiger partial charge in [-0.2, -0.15) is 0 Å². The number of anilines is 2. The number of hydrogen-bond donors (Lipinski definition) is 1. The van der Waals surface area contributed by atoms with E-state index in [1.165, 1.54) is 35.2 Å². The summed E-state index contributed by atoms with van der Waals surface area (Å²) in [5.74, 6) is -2.02. The molecule has 21 heavy (non-hydrogen) atoms. The number of nitrogens with zero attached hydrogens (tertiary/aromatic N) is 1. The first-order valence-electron chi connectivity index (χ1n) is 6.17. The monoisotopic (exact) mass is 289 g/mol. The molecule has 0 bridgehead atoms. The Hall–Kier alpha value is -2.69. The standard InChI is InChI=1S/C16H13F2NO2/c1-19(13-4-2-3-12(17)10-13)15-7-5-11(9-14(15)18)6-8-16(20)21/h2-10H,1H3,(H,20,21). The van der Waals surface area contributed by atoms with E-state index in [2.05, 4.69) is 0 Å². The smallest absolute Gasteiger partial charge is 0.328 e. The van der Waals surface area contributed by atoms with Crippen LogP contribution in [0.3, 0.4) is 0 Å². The molecule has 0 saturated heterocycles. The van der Waals surface area contributed by atoms with Gasteiger partial charge in [0.15, 0.2) is 0 Å². The van der Waals surface area contributed by atoms with E-state index in [-0.39, 0.29) is 5.69 Å². The van der Waals surface area contributed by atoms with Gasteiger partial charge in [0.1, 0.15) is 11.6 Å². The Balaban J connectivity index is 2.30. The Kier molecular flexibility index (Phi) is 4.33. The second-order valence-corrected chi connectivity index (χ2v) is 4.42. The van der Waals surface area contributed by atoms with E-state index in [0.717, 1.165) is 6.08 Å². The van der Waals surface area contributed by atoms with E-state index >= 15 is 0 Å². The van der Waals surface area contributed by atoms with Crippen LogP contribution in [0.15, 0.2) is 48.5 Å². The number of halogens is 2. The molecular formula is C16H13F2NO2. The molecule has 3 nitrogen and oxygen atoms in total. The summed E-state index contributed by atoms with van der Waals surface area (Å²) >= 11 is 0. The fraction of sp³-hybridized carbons (Fsp3) is 0.0625. The third-order valence-corrected chi connectivity index (χ3v) is 2.95. The molecule has 0 aliphatic heterocycles. The quantitative estimate of drug-likeness (QED) is 0.870. The normalized spacial score (nSPS) is 10.8. The topological polar surface area (TPSA) is 40.5 Å². The lowest BCUT2D eigenvalue weighted by atomic mass is 10.1. The van der Waals surface area contributed by atoms with Gasteiger partial charge in [-0.25, -0.2) is 13.6 Å². The summed E-state index contributed by atoms with van der Waals surface area (Å²) in [6, 6.07) is 10.2. The molecular weight excluding hydrogens is 276 g/mol. The van der Waals surface area contributed by atoms with Crippen LogP contribution in [-0.2, 0) is 4.79 Å². The van der Waals surface area contributed by atoms with E-state index < -0.39 is 17.6 Å². The van der Waals surface area contributed by atoms with Gasteiger partial charge >= 0.3 is 5.97 Å². The Morgan fingerprint density at radius 2 is 1.95 bits per heavy atom. The number of carboxylic acids is 1. The van der Waals surface area contributed by atoms with Crippen molar-refractivity contribution in [3.8, 4) is 0 Å². The molecule has 0 saturated carbocycles. The molecule has 0 spiro atoms. The average molecular weight is 289 g/mol. The number of benzene rings is 2. The molecule has 2 aromatic rings. The maximum absolute atomic E-state index is 14.1. The van der Waals surface area contributed by atoms with Gasteiger partial charge in [-0.1, -0.05) is 12.1 Å². The fourth-order valence-corrected chi connectivity index (χ4v) is 1.89. The van der Waals surface area contributed by atoms with Crippen molar-refractivity contribution < 1.29 is 18.7 Å². The summed E-state index contributed by atoms with van der Waals surface area (Å²) < 4.78 is 27.3. The molecule has 1 N–H and O–H groups in total. The maximum Gasteiger partial charge on any atom is 0.328 e. The molecule has 2 rings (SSSR count). The predicted molar refractivity (Wildman–Crippen MR) is 77.5 cm³/mol. The van der Waals surface area contributed by atoms with Crippen molar-refractivity contribution in [3.05, 3.63) is 65.7 Å². The third kappa shape index (κ3) is 3.66. The first-order chi connectivity index (χ1) is 9.97. The lowest BCUT2D eigenvalue weighted by molar-refractivity contribution is -0.131. The van der Waals surface area contributed by atoms with Gasteiger partial charge < -0.3 is 10.0 Å². The fourth-order valence-electron chi connectivity index (χ4n) is 1.89. The van der Waals surface area contributed by atoms with Crippen molar-refractivity contribution in [1.82, 2.24) is 0 Å². The van der Waals surface area contributed by atoms with Crippen LogP contribution in [0, 0.1) is 11.6 Å². The van der Waals surface area contributed by atoms with Gasteiger partial charge in [-0.15, -0.1) is 0 Å². The second-order valence-electron chi connectivity index (χ2n) is 4.42. The van der Waals surface area contributed by atoms with Crippen LogP contribution < -0.4 is 4.90 Å². The highest BCUT2D eigenvalue weighted by Gasteiger charge is 2.10. The van der Waals surface area contributed by atoms with Gasteiger partial charge in [0.25, 0.3) is 0 Å². The van der Waals surface area contributed by atoms with Crippen molar-refractivity contribution in [2.45, 2.75) is 0 Å². The van der Waals surface area contributed by atoms with Gasteiger partial charge in [0.2, 0.25) is 0 Å². The van der Waals surface area contributed by atoms with E-state index in [1.807, 2.05) is 0 Å². The average Bonchev–Trinajstić information content (AvgIpc) is 2.44. The van der Waals surface area contributed by atoms with Crippen LogP contribution >= 0.6 is 0 Å². The van der Waals surface area contributed by atoms with Crippen LogP contribution in [0.5, 0.6) is 0 Å². The second kappa shape index (κ2) is 6.17. The minimum absolute atomic E-state index is 0.271. The predicted octanol–water partition coefficient (Wildman–Crippen LogP) is 3.83. The SMILES string of the molecule is CN(c1cccc(F)c1)c1ccc(C=CC(=O)O)cc1F. The molecule has 0 aliphatic carbocycles. The third-order valence-electron chi connectivity index (χ3n) is 2.95. The van der Waals surface area contributed by atoms with Gasteiger partial charge in [0, 0.05) is 18.8 Å². The molecule has 0 atom stereocenters. The van der Waals surface area contributed by atoms with Crippen LogP contribution in [0.25, 0.3) is 6.08 Å². The number of aliphatic carboxylic acids is 1. The minimum Gasteiger partial charge on any atom is -0.478 e. The summed E-state index contributed by atoms with van der Waals surface area (Å²) in [4.78, 5) is 11.9. The highest BCUT2D eigenvalue weighted by molar-refractivity contribution is 5.85. The number of hydrogen-bond acceptors (Lipinski definition) is 2. The molecule has 0 aromatic heterocycles. The minimum atomic E-state index is -1.10. The van der Waals surface area contributed by atoms with Gasteiger partial charge in [-0.3, -0.25) is 0 Å². The van der Waals surface area contributed by atoms with Crippen molar-refractivity contribution in [3.63, 3.8) is 0 Å². The molecule has 0 heterocycles. The van der Waals surface area contributed by atoms with Crippen LogP contribution in [0.1, 0.15) is 5.56 Å². The van der Waals surface area contributed by atoms with Crippen molar-refractivity contribution >= 4 is 23.4 Å². The molecule has 5 heteroatoms. The summed E-state index contributed by atoms with van der Waals surface area (Å²) in [5, 5.41) is 8.54. The van der Waals surface area contributed by atoms with Crippen molar-refractivity contribution in [2.75, 3.05) is 11.9 Å². The molecule has 108 valence electrons. The van der Waals surface area contributed by atoms with Crippen molar-refractivity contribution in [1.29, 1.82) is 0 Å². The van der Waals surface area contributed by atoms with Crippen molar-refractivity contribution in [2.24, 2.45) is 0 Å². The van der Waals surface area contributed by atoms with E-state index in [1.54, 1.807) is 25.2 Å². The van der Waals surface area contributed by atoms with E-state index in [9.17, 15) is 13.6 Å². The zero-order chi connectivity index (χ0) is 15.4. The van der Waals surface area contributed by atoms with E-state index in [4.69, 9.17) is 5.11 Å². The molecule has 0 radical (unpaired) electrons. The van der Waals surface area contributed by atoms with Gasteiger partial charge in [-0.05, 0) is 42.0 Å². The lowest BCUT2D eigenvalue weighted by Gasteiger charge is -2.20. The van der Waals surface area contributed by atoms with Crippen LogP contribution in [0.2, 0.25) is 0 Å². The summed E-state index contributed by atoms with van der Waals surface area (Å²) in [7, 11) is 1.62. The van der Waals surface area contributed by atoms with E-state index in [0.29, 0.717) is 11.3 Å². The number of rotatable bonds is 4. The first kappa shape index (κ1) is 14.7. The highest BCUT2D eigenvalue weighted by Crippen LogP contribution is 2.27.